The largest absolute Gasteiger partial charge is 0.310 e. The van der Waals surface area contributed by atoms with Gasteiger partial charge in [-0.3, -0.25) is 0 Å². The molecule has 6 rings (SSSR count). The van der Waals surface area contributed by atoms with Gasteiger partial charge in [0.25, 0.3) is 0 Å². The fourth-order valence-electron chi connectivity index (χ4n) is 6.04. The van der Waals surface area contributed by atoms with E-state index in [1.165, 1.54) is 33.0 Å². The van der Waals surface area contributed by atoms with Crippen molar-refractivity contribution < 1.29 is 0 Å². The average molecular weight is 575 g/mol. The Morgan fingerprint density at radius 1 is 0.409 bits per heavy atom. The Bertz CT molecular complexity index is 1920. The molecule has 0 fully saturated rings. The molecule has 6 aromatic rings. The maximum absolute atomic E-state index is 2.43. The molecule has 0 heterocycles. The zero-order chi connectivity index (χ0) is 30.8. The Kier molecular flexibility index (Phi) is 8.26. The van der Waals surface area contributed by atoms with Crippen molar-refractivity contribution in [2.45, 2.75) is 53.4 Å². The number of hydrogen-bond donors (Lipinski definition) is 0. The molecular weight excluding hydrogens is 532 g/mol. The lowest BCUT2D eigenvalue weighted by Crippen LogP contribution is -2.14. The molecule has 0 unspecified atom stereocenters. The van der Waals surface area contributed by atoms with Gasteiger partial charge in [-0.2, -0.15) is 0 Å². The van der Waals surface area contributed by atoms with E-state index in [0.717, 1.165) is 34.1 Å². The first-order valence-electron chi connectivity index (χ1n) is 15.7. The summed E-state index contributed by atoms with van der Waals surface area (Å²) in [4.78, 5) is 4.84. The smallest absolute Gasteiger partial charge is 0.0560 e. The fourth-order valence-corrected chi connectivity index (χ4v) is 6.04. The van der Waals surface area contributed by atoms with Gasteiger partial charge in [-0.15, -0.1) is 0 Å². The number of nitrogens with zero attached hydrogens (tertiary/aromatic N) is 2. The van der Waals surface area contributed by atoms with Crippen LogP contribution in [0.5, 0.6) is 0 Å². The van der Waals surface area contributed by atoms with Crippen molar-refractivity contribution >= 4 is 44.9 Å². The number of hydrogen-bond acceptors (Lipinski definition) is 2. The summed E-state index contributed by atoms with van der Waals surface area (Å²) in [5.74, 6) is 0.869. The number of fused-ring (bicyclic) bond motifs is 1. The topological polar surface area (TPSA) is 6.48 Å². The van der Waals surface area contributed by atoms with Gasteiger partial charge in [0.2, 0.25) is 0 Å². The minimum atomic E-state index is 0.433. The molecule has 0 aliphatic heterocycles. The van der Waals surface area contributed by atoms with Gasteiger partial charge in [0, 0.05) is 33.8 Å². The SMILES string of the molecule is Cc1cccc(N(c2cccc(C(C)C)c2)c2cc(N(c3cccc(C)c3)c3cccc(C(C)C)c3)c3ccccc3c2)c1. The predicted octanol–water partition coefficient (Wildman–Crippen LogP) is 12.6. The van der Waals surface area contributed by atoms with Crippen LogP contribution in [0.3, 0.4) is 0 Å². The first-order valence-corrected chi connectivity index (χ1v) is 15.7. The number of anilines is 6. The standard InChI is InChI=1S/C42H42N2/c1-29(2)33-16-11-20-38(25-33)43(36-18-9-13-31(5)23-36)40-27-35-15-7-8-22-41(35)42(28-40)44(37-19-10-14-32(6)24-37)39-21-12-17-34(26-39)30(3)4/h7-30H,1-6H3. The van der Waals surface area contributed by atoms with Gasteiger partial charge in [0.15, 0.2) is 0 Å². The Balaban J connectivity index is 1.65. The number of benzene rings is 6. The molecular formula is C42H42N2. The maximum atomic E-state index is 2.43. The van der Waals surface area contributed by atoms with Crippen LogP contribution in [0.4, 0.5) is 34.1 Å². The highest BCUT2D eigenvalue weighted by molar-refractivity contribution is 6.02. The molecule has 0 aromatic heterocycles. The summed E-state index contributed by atoms with van der Waals surface area (Å²) in [6, 6.07) is 49.1. The van der Waals surface area contributed by atoms with E-state index in [9.17, 15) is 0 Å². The van der Waals surface area contributed by atoms with Crippen LogP contribution in [0, 0.1) is 13.8 Å². The highest BCUT2D eigenvalue weighted by Crippen LogP contribution is 2.45. The molecule has 0 aliphatic carbocycles. The van der Waals surface area contributed by atoms with Crippen LogP contribution in [-0.2, 0) is 0 Å². The van der Waals surface area contributed by atoms with Crippen LogP contribution >= 0.6 is 0 Å². The van der Waals surface area contributed by atoms with Crippen LogP contribution in [-0.4, -0.2) is 0 Å². The molecule has 220 valence electrons. The first kappa shape index (κ1) is 29.3. The van der Waals surface area contributed by atoms with Crippen molar-refractivity contribution in [3.05, 3.63) is 156 Å². The molecule has 44 heavy (non-hydrogen) atoms. The monoisotopic (exact) mass is 574 g/mol. The summed E-state index contributed by atoms with van der Waals surface area (Å²) < 4.78 is 0. The summed E-state index contributed by atoms with van der Waals surface area (Å²) in [7, 11) is 0. The third kappa shape index (κ3) is 5.98. The van der Waals surface area contributed by atoms with E-state index < -0.39 is 0 Å². The molecule has 0 bridgehead atoms. The van der Waals surface area contributed by atoms with Gasteiger partial charge in [0.05, 0.1) is 5.69 Å². The Morgan fingerprint density at radius 2 is 0.886 bits per heavy atom. The molecule has 6 aromatic carbocycles. The van der Waals surface area contributed by atoms with Gasteiger partial charge in [0.1, 0.15) is 0 Å². The van der Waals surface area contributed by atoms with Gasteiger partial charge in [-0.25, -0.2) is 0 Å². The summed E-state index contributed by atoms with van der Waals surface area (Å²) in [5, 5.41) is 2.42. The van der Waals surface area contributed by atoms with Crippen molar-refractivity contribution in [3.8, 4) is 0 Å². The Hall–Kier alpha value is -4.82. The van der Waals surface area contributed by atoms with Crippen LogP contribution in [0.2, 0.25) is 0 Å². The van der Waals surface area contributed by atoms with E-state index in [2.05, 4.69) is 185 Å². The Labute approximate surface area is 263 Å². The first-order chi connectivity index (χ1) is 21.3. The van der Waals surface area contributed by atoms with Crippen molar-refractivity contribution in [3.63, 3.8) is 0 Å². The van der Waals surface area contributed by atoms with E-state index >= 15 is 0 Å². The third-order valence-corrected chi connectivity index (χ3v) is 8.43. The second-order valence-corrected chi connectivity index (χ2v) is 12.5. The highest BCUT2D eigenvalue weighted by atomic mass is 15.2. The summed E-state index contributed by atoms with van der Waals surface area (Å²) >= 11 is 0. The number of aryl methyl sites for hydroxylation is 2. The number of rotatable bonds is 8. The van der Waals surface area contributed by atoms with E-state index in [1.54, 1.807) is 0 Å². The average Bonchev–Trinajstić information content (AvgIpc) is 3.02. The molecule has 0 atom stereocenters. The Morgan fingerprint density at radius 3 is 1.43 bits per heavy atom. The molecule has 0 radical (unpaired) electrons. The quantitative estimate of drug-likeness (QED) is 0.178. The zero-order valence-corrected chi connectivity index (χ0v) is 26.8. The third-order valence-electron chi connectivity index (χ3n) is 8.43. The normalized spacial score (nSPS) is 11.4. The van der Waals surface area contributed by atoms with Gasteiger partial charge in [-0.05, 0) is 114 Å². The van der Waals surface area contributed by atoms with Crippen molar-refractivity contribution in [2.75, 3.05) is 9.80 Å². The molecule has 2 nitrogen and oxygen atoms in total. The van der Waals surface area contributed by atoms with Crippen molar-refractivity contribution in [1.29, 1.82) is 0 Å². The van der Waals surface area contributed by atoms with Crippen LogP contribution in [0.15, 0.2) is 133 Å². The minimum absolute atomic E-state index is 0.433. The van der Waals surface area contributed by atoms with Gasteiger partial charge >= 0.3 is 0 Å². The molecule has 0 saturated carbocycles. The molecule has 0 spiro atoms. The molecule has 0 saturated heterocycles. The lowest BCUT2D eigenvalue weighted by molar-refractivity contribution is 0.866. The van der Waals surface area contributed by atoms with E-state index in [-0.39, 0.29) is 0 Å². The second kappa shape index (κ2) is 12.4. The van der Waals surface area contributed by atoms with E-state index in [0.29, 0.717) is 11.8 Å². The van der Waals surface area contributed by atoms with Gasteiger partial charge in [-0.1, -0.05) is 100 Å². The summed E-state index contributed by atoms with van der Waals surface area (Å²) in [6.07, 6.45) is 0. The van der Waals surface area contributed by atoms with Crippen molar-refractivity contribution in [1.82, 2.24) is 0 Å². The highest BCUT2D eigenvalue weighted by Gasteiger charge is 2.21. The molecule has 2 heteroatoms. The van der Waals surface area contributed by atoms with Gasteiger partial charge < -0.3 is 9.80 Å². The van der Waals surface area contributed by atoms with Crippen LogP contribution < -0.4 is 9.80 Å². The summed E-state index contributed by atoms with van der Waals surface area (Å²) in [6.45, 7) is 13.4. The second-order valence-electron chi connectivity index (χ2n) is 12.5. The van der Waals surface area contributed by atoms with E-state index in [1.807, 2.05) is 0 Å². The predicted molar refractivity (Wildman–Crippen MR) is 191 cm³/mol. The molecule has 0 N–H and O–H groups in total. The molecule has 0 amide bonds. The lowest BCUT2D eigenvalue weighted by atomic mass is 10.00. The van der Waals surface area contributed by atoms with Crippen LogP contribution in [0.25, 0.3) is 10.8 Å². The lowest BCUT2D eigenvalue weighted by Gasteiger charge is -2.31. The van der Waals surface area contributed by atoms with Crippen LogP contribution in [0.1, 0.15) is 61.8 Å². The summed E-state index contributed by atoms with van der Waals surface area (Å²) in [5.41, 5.74) is 12.0. The fraction of sp³-hybridized carbons (Fsp3) is 0.190. The zero-order valence-electron chi connectivity index (χ0n) is 26.8. The van der Waals surface area contributed by atoms with Crippen molar-refractivity contribution in [2.24, 2.45) is 0 Å². The minimum Gasteiger partial charge on any atom is -0.310 e. The molecule has 0 aliphatic rings. The maximum Gasteiger partial charge on any atom is 0.0560 e. The van der Waals surface area contributed by atoms with E-state index in [4.69, 9.17) is 0 Å².